The number of fused-ring (bicyclic) bond motifs is 1. The van der Waals surface area contributed by atoms with E-state index in [1.54, 1.807) is 6.33 Å². The molecular weight excluding hydrogens is 232 g/mol. The molecule has 17 heavy (non-hydrogen) atoms. The molecule has 4 nitrogen and oxygen atoms in total. The van der Waals surface area contributed by atoms with Crippen LogP contribution in [0.3, 0.4) is 0 Å². The van der Waals surface area contributed by atoms with Crippen LogP contribution in [0.25, 0.3) is 0 Å². The fraction of sp³-hybridized carbons (Fsp3) is 0.500. The zero-order valence-corrected chi connectivity index (χ0v) is 10.7. The highest BCUT2D eigenvalue weighted by molar-refractivity contribution is 7.11. The lowest BCUT2D eigenvalue weighted by molar-refractivity contribution is 0.359. The smallest absolute Gasteiger partial charge is 0.138 e. The number of hydrogen-bond acceptors (Lipinski definition) is 4. The lowest BCUT2D eigenvalue weighted by atomic mass is 10.1. The van der Waals surface area contributed by atoms with Gasteiger partial charge in [0.15, 0.2) is 0 Å². The third-order valence-corrected chi connectivity index (χ3v) is 4.17. The van der Waals surface area contributed by atoms with E-state index < -0.39 is 0 Å². The molecule has 1 aliphatic heterocycles. The van der Waals surface area contributed by atoms with Crippen LogP contribution in [0.4, 0.5) is 0 Å². The van der Waals surface area contributed by atoms with Crippen molar-refractivity contribution < 1.29 is 0 Å². The summed E-state index contributed by atoms with van der Waals surface area (Å²) in [6, 6.07) is 4.90. The Morgan fingerprint density at radius 1 is 1.53 bits per heavy atom. The lowest BCUT2D eigenvalue weighted by Crippen LogP contribution is -2.37. The third kappa shape index (κ3) is 2.40. The molecule has 0 aliphatic carbocycles. The van der Waals surface area contributed by atoms with Gasteiger partial charge in [-0.15, -0.1) is 11.3 Å². The van der Waals surface area contributed by atoms with Crippen LogP contribution >= 0.6 is 11.3 Å². The number of aryl methyl sites for hydroxylation is 2. The van der Waals surface area contributed by atoms with Crippen LogP contribution < -0.4 is 5.32 Å². The van der Waals surface area contributed by atoms with Gasteiger partial charge in [0, 0.05) is 28.8 Å². The second-order valence-electron chi connectivity index (χ2n) is 4.49. The van der Waals surface area contributed by atoms with Gasteiger partial charge in [-0.25, -0.2) is 9.67 Å². The molecule has 0 fully saturated rings. The molecule has 1 atom stereocenters. The highest BCUT2D eigenvalue weighted by Gasteiger charge is 2.19. The number of thiophene rings is 1. The van der Waals surface area contributed by atoms with Crippen LogP contribution in [0, 0.1) is 6.92 Å². The molecule has 1 aliphatic rings. The minimum Gasteiger partial charge on any atom is -0.307 e. The Labute approximate surface area is 105 Å². The van der Waals surface area contributed by atoms with E-state index in [0.29, 0.717) is 6.04 Å². The standard InChI is InChI=1S/C12H16N4S/c1-9-2-4-11(17-9)6-13-10-3-5-12-14-8-15-16(12)7-10/h2,4,8,10,13H,3,5-7H2,1H3/t10-/m0/s1. The average molecular weight is 248 g/mol. The van der Waals surface area contributed by atoms with Crippen LogP contribution in [-0.2, 0) is 19.5 Å². The van der Waals surface area contributed by atoms with Crippen molar-refractivity contribution in [3.05, 3.63) is 34.0 Å². The highest BCUT2D eigenvalue weighted by Crippen LogP contribution is 2.16. The van der Waals surface area contributed by atoms with E-state index in [-0.39, 0.29) is 0 Å². The molecule has 3 rings (SSSR count). The Balaban J connectivity index is 1.57. The normalized spacial score (nSPS) is 19.2. The number of rotatable bonds is 3. The van der Waals surface area contributed by atoms with Gasteiger partial charge >= 0.3 is 0 Å². The molecule has 0 saturated carbocycles. The molecule has 3 heterocycles. The van der Waals surface area contributed by atoms with Crippen molar-refractivity contribution in [1.82, 2.24) is 20.1 Å². The second-order valence-corrected chi connectivity index (χ2v) is 5.86. The minimum absolute atomic E-state index is 0.520. The molecule has 0 amide bonds. The lowest BCUT2D eigenvalue weighted by Gasteiger charge is -2.23. The summed E-state index contributed by atoms with van der Waals surface area (Å²) in [6.07, 6.45) is 3.84. The first-order valence-electron chi connectivity index (χ1n) is 5.96. The van der Waals surface area contributed by atoms with E-state index >= 15 is 0 Å². The van der Waals surface area contributed by atoms with E-state index in [1.807, 2.05) is 16.0 Å². The highest BCUT2D eigenvalue weighted by atomic mass is 32.1. The predicted molar refractivity (Wildman–Crippen MR) is 68.0 cm³/mol. The summed E-state index contributed by atoms with van der Waals surface area (Å²) in [4.78, 5) is 7.03. The van der Waals surface area contributed by atoms with Gasteiger partial charge in [-0.1, -0.05) is 0 Å². The summed E-state index contributed by atoms with van der Waals surface area (Å²) >= 11 is 1.87. The van der Waals surface area contributed by atoms with Gasteiger partial charge in [0.2, 0.25) is 0 Å². The summed E-state index contributed by atoms with van der Waals surface area (Å²) in [5.74, 6) is 1.12. The van der Waals surface area contributed by atoms with Crippen LogP contribution in [0.2, 0.25) is 0 Å². The topological polar surface area (TPSA) is 42.7 Å². The molecule has 0 radical (unpaired) electrons. The van der Waals surface area contributed by atoms with Gasteiger partial charge in [0.1, 0.15) is 12.2 Å². The Morgan fingerprint density at radius 2 is 2.47 bits per heavy atom. The number of aromatic nitrogens is 3. The molecule has 0 bridgehead atoms. The van der Waals surface area contributed by atoms with Crippen molar-refractivity contribution in [3.63, 3.8) is 0 Å². The predicted octanol–water partition coefficient (Wildman–Crippen LogP) is 1.75. The quantitative estimate of drug-likeness (QED) is 0.900. The summed E-state index contributed by atoms with van der Waals surface area (Å²) in [5.41, 5.74) is 0. The van der Waals surface area contributed by atoms with Gasteiger partial charge in [0.05, 0.1) is 6.54 Å². The van der Waals surface area contributed by atoms with Crippen molar-refractivity contribution in [1.29, 1.82) is 0 Å². The molecule has 0 unspecified atom stereocenters. The maximum absolute atomic E-state index is 4.24. The molecular formula is C12H16N4S. The van der Waals surface area contributed by atoms with E-state index in [4.69, 9.17) is 0 Å². The van der Waals surface area contributed by atoms with Crippen LogP contribution in [0.15, 0.2) is 18.5 Å². The van der Waals surface area contributed by atoms with E-state index in [2.05, 4.69) is 34.5 Å². The molecule has 5 heteroatoms. The van der Waals surface area contributed by atoms with Crippen LogP contribution in [0.1, 0.15) is 22.0 Å². The Hall–Kier alpha value is -1.20. The van der Waals surface area contributed by atoms with Gasteiger partial charge in [0.25, 0.3) is 0 Å². The zero-order valence-electron chi connectivity index (χ0n) is 9.89. The summed E-state index contributed by atoms with van der Waals surface area (Å²) in [7, 11) is 0. The van der Waals surface area contributed by atoms with Crippen LogP contribution in [0.5, 0.6) is 0 Å². The van der Waals surface area contributed by atoms with Crippen molar-refractivity contribution in [2.45, 2.75) is 38.9 Å². The Morgan fingerprint density at radius 3 is 3.29 bits per heavy atom. The van der Waals surface area contributed by atoms with Crippen LogP contribution in [-0.4, -0.2) is 20.8 Å². The zero-order chi connectivity index (χ0) is 11.7. The molecule has 2 aromatic heterocycles. The first-order chi connectivity index (χ1) is 8.31. The second kappa shape index (κ2) is 4.58. The molecule has 0 spiro atoms. The Kier molecular flexibility index (Phi) is 2.94. The molecule has 1 N–H and O–H groups in total. The van der Waals surface area contributed by atoms with Crippen molar-refractivity contribution >= 4 is 11.3 Å². The fourth-order valence-electron chi connectivity index (χ4n) is 2.23. The molecule has 2 aromatic rings. The summed E-state index contributed by atoms with van der Waals surface area (Å²) < 4.78 is 2.01. The largest absolute Gasteiger partial charge is 0.307 e. The minimum atomic E-state index is 0.520. The number of nitrogens with one attached hydrogen (secondary N) is 1. The number of nitrogens with zero attached hydrogens (tertiary/aromatic N) is 3. The van der Waals surface area contributed by atoms with Gasteiger partial charge in [-0.05, 0) is 25.5 Å². The van der Waals surface area contributed by atoms with E-state index in [9.17, 15) is 0 Å². The van der Waals surface area contributed by atoms with E-state index in [0.717, 1.165) is 31.8 Å². The summed E-state index contributed by atoms with van der Waals surface area (Å²) in [5, 5.41) is 7.84. The van der Waals surface area contributed by atoms with Gasteiger partial charge in [-0.3, -0.25) is 0 Å². The average Bonchev–Trinajstić information content (AvgIpc) is 2.94. The van der Waals surface area contributed by atoms with Crippen molar-refractivity contribution in [2.75, 3.05) is 0 Å². The maximum Gasteiger partial charge on any atom is 0.138 e. The van der Waals surface area contributed by atoms with Crippen molar-refractivity contribution in [3.8, 4) is 0 Å². The third-order valence-electron chi connectivity index (χ3n) is 3.17. The maximum atomic E-state index is 4.24. The first-order valence-corrected chi connectivity index (χ1v) is 6.78. The molecule has 0 aromatic carbocycles. The first kappa shape index (κ1) is 10.9. The van der Waals surface area contributed by atoms with Gasteiger partial charge in [-0.2, -0.15) is 5.10 Å². The monoisotopic (exact) mass is 248 g/mol. The fourth-order valence-corrected chi connectivity index (χ4v) is 3.07. The number of hydrogen-bond donors (Lipinski definition) is 1. The van der Waals surface area contributed by atoms with E-state index in [1.165, 1.54) is 9.75 Å². The summed E-state index contributed by atoms with van der Waals surface area (Å²) in [6.45, 7) is 4.06. The SMILES string of the molecule is Cc1ccc(CN[C@H]2CCc3ncnn3C2)s1. The molecule has 90 valence electrons. The van der Waals surface area contributed by atoms with Crippen molar-refractivity contribution in [2.24, 2.45) is 0 Å². The van der Waals surface area contributed by atoms with Gasteiger partial charge < -0.3 is 5.32 Å². The molecule has 0 saturated heterocycles. The Bertz CT molecular complexity index is 502.